The summed E-state index contributed by atoms with van der Waals surface area (Å²) >= 11 is 0. The number of nitrogens with zero attached hydrogens (tertiary/aromatic N) is 3. The van der Waals surface area contributed by atoms with Crippen LogP contribution < -0.4 is 4.74 Å². The molecule has 0 bridgehead atoms. The maximum atomic E-state index is 12.6. The van der Waals surface area contributed by atoms with Gasteiger partial charge in [0, 0.05) is 44.0 Å². The second kappa shape index (κ2) is 6.89. The monoisotopic (exact) mass is 291 g/mol. The first-order valence-electron chi connectivity index (χ1n) is 7.61. The van der Waals surface area contributed by atoms with Gasteiger partial charge in [-0.05, 0) is 26.3 Å². The molecule has 1 aromatic heterocycles. The van der Waals surface area contributed by atoms with E-state index >= 15 is 0 Å². The van der Waals surface area contributed by atoms with Gasteiger partial charge in [0.2, 0.25) is 0 Å². The maximum Gasteiger partial charge on any atom is 0.272 e. The van der Waals surface area contributed by atoms with E-state index < -0.39 is 0 Å². The van der Waals surface area contributed by atoms with Crippen LogP contribution in [0.5, 0.6) is 5.75 Å². The lowest BCUT2D eigenvalue weighted by Gasteiger charge is -2.43. The van der Waals surface area contributed by atoms with Crippen LogP contribution in [-0.2, 0) is 0 Å². The molecule has 1 amide bonds. The van der Waals surface area contributed by atoms with Crippen LogP contribution in [0, 0.1) is 0 Å². The summed E-state index contributed by atoms with van der Waals surface area (Å²) in [5, 5.41) is 0. The van der Waals surface area contributed by atoms with Crippen molar-refractivity contribution < 1.29 is 9.53 Å². The SMILES string of the molecule is CC[C@H]1CN(C(=O)c2cc(OC)ccn2)CCN1C(C)C. The number of rotatable bonds is 4. The molecule has 116 valence electrons. The Balaban J connectivity index is 2.10. The highest BCUT2D eigenvalue weighted by atomic mass is 16.5. The van der Waals surface area contributed by atoms with E-state index in [4.69, 9.17) is 4.74 Å². The van der Waals surface area contributed by atoms with Gasteiger partial charge in [-0.3, -0.25) is 14.7 Å². The second-order valence-electron chi connectivity index (χ2n) is 5.73. The molecule has 0 spiro atoms. The van der Waals surface area contributed by atoms with Gasteiger partial charge in [-0.1, -0.05) is 6.92 Å². The van der Waals surface area contributed by atoms with Gasteiger partial charge >= 0.3 is 0 Å². The minimum absolute atomic E-state index is 0.00393. The number of aromatic nitrogens is 1. The number of piperazine rings is 1. The molecular formula is C16H25N3O2. The van der Waals surface area contributed by atoms with E-state index in [9.17, 15) is 4.79 Å². The molecule has 5 heteroatoms. The van der Waals surface area contributed by atoms with Crippen molar-refractivity contribution in [2.75, 3.05) is 26.7 Å². The van der Waals surface area contributed by atoms with Crippen molar-refractivity contribution in [2.45, 2.75) is 39.3 Å². The van der Waals surface area contributed by atoms with E-state index in [1.165, 1.54) is 0 Å². The molecule has 1 saturated heterocycles. The number of hydrogen-bond acceptors (Lipinski definition) is 4. The Kier molecular flexibility index (Phi) is 5.17. The van der Waals surface area contributed by atoms with E-state index in [0.717, 1.165) is 26.1 Å². The van der Waals surface area contributed by atoms with E-state index in [0.29, 0.717) is 23.5 Å². The van der Waals surface area contributed by atoms with Gasteiger partial charge < -0.3 is 9.64 Å². The Bertz CT molecular complexity index is 490. The van der Waals surface area contributed by atoms with Crippen LogP contribution in [0.3, 0.4) is 0 Å². The largest absolute Gasteiger partial charge is 0.497 e. The van der Waals surface area contributed by atoms with E-state index in [1.54, 1.807) is 25.4 Å². The van der Waals surface area contributed by atoms with Gasteiger partial charge in [0.25, 0.3) is 5.91 Å². The van der Waals surface area contributed by atoms with Crippen molar-refractivity contribution in [1.29, 1.82) is 0 Å². The Morgan fingerprint density at radius 3 is 2.86 bits per heavy atom. The number of hydrogen-bond donors (Lipinski definition) is 0. The third-order valence-electron chi connectivity index (χ3n) is 4.14. The average molecular weight is 291 g/mol. The smallest absolute Gasteiger partial charge is 0.272 e. The molecule has 0 aliphatic carbocycles. The summed E-state index contributed by atoms with van der Waals surface area (Å²) in [6, 6.07) is 4.40. The normalized spacial score (nSPS) is 19.9. The zero-order valence-electron chi connectivity index (χ0n) is 13.4. The maximum absolute atomic E-state index is 12.6. The zero-order chi connectivity index (χ0) is 15.4. The van der Waals surface area contributed by atoms with Crippen LogP contribution in [0.1, 0.15) is 37.7 Å². The summed E-state index contributed by atoms with van der Waals surface area (Å²) in [4.78, 5) is 21.2. The fraction of sp³-hybridized carbons (Fsp3) is 0.625. The summed E-state index contributed by atoms with van der Waals surface area (Å²) in [5.41, 5.74) is 0.460. The minimum Gasteiger partial charge on any atom is -0.497 e. The molecule has 21 heavy (non-hydrogen) atoms. The van der Waals surface area contributed by atoms with Gasteiger partial charge in [-0.25, -0.2) is 0 Å². The lowest BCUT2D eigenvalue weighted by Crippen LogP contribution is -2.56. The molecule has 1 fully saturated rings. The number of carbonyl (C=O) groups excluding carboxylic acids is 1. The fourth-order valence-electron chi connectivity index (χ4n) is 2.91. The van der Waals surface area contributed by atoms with Gasteiger partial charge in [0.05, 0.1) is 7.11 Å². The van der Waals surface area contributed by atoms with E-state index in [-0.39, 0.29) is 5.91 Å². The molecule has 0 saturated carbocycles. The topological polar surface area (TPSA) is 45.7 Å². The Hall–Kier alpha value is -1.62. The predicted molar refractivity (Wildman–Crippen MR) is 82.6 cm³/mol. The lowest BCUT2D eigenvalue weighted by molar-refractivity contribution is 0.0367. The summed E-state index contributed by atoms with van der Waals surface area (Å²) in [6.07, 6.45) is 2.67. The number of pyridine rings is 1. The molecule has 1 aliphatic heterocycles. The van der Waals surface area contributed by atoms with Crippen LogP contribution in [0.25, 0.3) is 0 Å². The molecule has 1 aromatic rings. The van der Waals surface area contributed by atoms with Gasteiger partial charge in [0.1, 0.15) is 11.4 Å². The van der Waals surface area contributed by atoms with Crippen molar-refractivity contribution in [1.82, 2.24) is 14.8 Å². The van der Waals surface area contributed by atoms with Crippen LogP contribution in [0.4, 0.5) is 0 Å². The van der Waals surface area contributed by atoms with E-state index in [2.05, 4.69) is 30.7 Å². The molecule has 2 rings (SSSR count). The summed E-state index contributed by atoms with van der Waals surface area (Å²) in [6.45, 7) is 9.05. The highest BCUT2D eigenvalue weighted by Gasteiger charge is 2.30. The Morgan fingerprint density at radius 1 is 1.48 bits per heavy atom. The molecular weight excluding hydrogens is 266 g/mol. The quantitative estimate of drug-likeness (QED) is 0.851. The molecule has 5 nitrogen and oxygen atoms in total. The van der Waals surface area contributed by atoms with Crippen LogP contribution in [-0.4, -0.2) is 59.5 Å². The van der Waals surface area contributed by atoms with Crippen molar-refractivity contribution in [3.05, 3.63) is 24.0 Å². The van der Waals surface area contributed by atoms with E-state index in [1.807, 2.05) is 4.90 Å². The number of methoxy groups -OCH3 is 1. The summed E-state index contributed by atoms with van der Waals surface area (Å²) < 4.78 is 5.16. The first-order chi connectivity index (χ1) is 10.1. The average Bonchev–Trinajstić information content (AvgIpc) is 2.53. The number of amides is 1. The summed E-state index contributed by atoms with van der Waals surface area (Å²) in [5.74, 6) is 0.664. The van der Waals surface area contributed by atoms with Crippen molar-refractivity contribution in [3.63, 3.8) is 0 Å². The molecule has 2 heterocycles. The molecule has 0 aromatic carbocycles. The zero-order valence-corrected chi connectivity index (χ0v) is 13.4. The number of carbonyl (C=O) groups is 1. The summed E-state index contributed by atoms with van der Waals surface area (Å²) in [7, 11) is 1.60. The van der Waals surface area contributed by atoms with Gasteiger partial charge in [0.15, 0.2) is 0 Å². The first kappa shape index (κ1) is 15.8. The molecule has 0 radical (unpaired) electrons. The van der Waals surface area contributed by atoms with Crippen LogP contribution in [0.15, 0.2) is 18.3 Å². The van der Waals surface area contributed by atoms with Crippen molar-refractivity contribution in [3.8, 4) is 5.75 Å². The highest BCUT2D eigenvalue weighted by Crippen LogP contribution is 2.18. The predicted octanol–water partition coefficient (Wildman–Crippen LogP) is 2.04. The van der Waals surface area contributed by atoms with Crippen LogP contribution >= 0.6 is 0 Å². The fourth-order valence-corrected chi connectivity index (χ4v) is 2.91. The minimum atomic E-state index is -0.00393. The molecule has 1 aliphatic rings. The molecule has 0 N–H and O–H groups in total. The third-order valence-corrected chi connectivity index (χ3v) is 4.14. The highest BCUT2D eigenvalue weighted by molar-refractivity contribution is 5.92. The van der Waals surface area contributed by atoms with Crippen molar-refractivity contribution in [2.24, 2.45) is 0 Å². The van der Waals surface area contributed by atoms with Gasteiger partial charge in [-0.2, -0.15) is 0 Å². The van der Waals surface area contributed by atoms with Crippen LogP contribution in [0.2, 0.25) is 0 Å². The molecule has 1 atom stereocenters. The number of ether oxygens (including phenoxy) is 1. The first-order valence-corrected chi connectivity index (χ1v) is 7.61. The third kappa shape index (κ3) is 3.53. The van der Waals surface area contributed by atoms with Crippen molar-refractivity contribution >= 4 is 5.91 Å². The standard InChI is InChI=1S/C16H25N3O2/c1-5-13-11-18(8-9-19(13)12(2)3)16(20)15-10-14(21-4)6-7-17-15/h6-7,10,12-13H,5,8-9,11H2,1-4H3/t13-/m0/s1. The second-order valence-corrected chi connectivity index (χ2v) is 5.73. The Labute approximate surface area is 126 Å². The lowest BCUT2D eigenvalue weighted by atomic mass is 10.1. The molecule has 0 unspecified atom stereocenters. The van der Waals surface area contributed by atoms with Gasteiger partial charge in [-0.15, -0.1) is 0 Å². The Morgan fingerprint density at radius 2 is 2.24 bits per heavy atom.